The molecule has 1 saturated carbocycles. The van der Waals surface area contributed by atoms with Crippen LogP contribution in [-0.2, 0) is 18.8 Å². The first-order chi connectivity index (χ1) is 21.9. The Labute approximate surface area is 288 Å². The number of nitrogens with two attached hydrogens (primary N) is 1. The molecule has 2 N–H and O–H groups in total. The van der Waals surface area contributed by atoms with Crippen LogP contribution in [0.15, 0.2) is 29.2 Å². The van der Waals surface area contributed by atoms with E-state index < -0.39 is 55.2 Å². The smallest absolute Gasteiger partial charge is 0.433 e. The van der Waals surface area contributed by atoms with Gasteiger partial charge in [-0.05, 0) is 55.7 Å². The summed E-state index contributed by atoms with van der Waals surface area (Å²) in [6.07, 6.45) is -1.47. The largest absolute Gasteiger partial charge is 0.466 e. The highest BCUT2D eigenvalue weighted by atomic mass is 35.5. The van der Waals surface area contributed by atoms with Gasteiger partial charge in [-0.25, -0.2) is 0 Å². The van der Waals surface area contributed by atoms with Gasteiger partial charge in [0, 0.05) is 30.7 Å². The van der Waals surface area contributed by atoms with Gasteiger partial charge in [-0.3, -0.25) is 19.6 Å². The topological polar surface area (TPSA) is 107 Å². The number of esters is 1. The average Bonchev–Trinajstić information content (AvgIpc) is 2.98. The van der Waals surface area contributed by atoms with Crippen molar-refractivity contribution in [1.82, 2.24) is 9.88 Å². The van der Waals surface area contributed by atoms with Crippen LogP contribution < -0.4 is 5.73 Å². The summed E-state index contributed by atoms with van der Waals surface area (Å²) in [4.78, 5) is 36.1. The van der Waals surface area contributed by atoms with Gasteiger partial charge in [0.15, 0.2) is 14.0 Å². The molecule has 1 aromatic rings. The molecule has 1 heterocycles. The Morgan fingerprint density at radius 2 is 1.68 bits per heavy atom. The Balaban J connectivity index is 2.60. The molecule has 0 saturated heterocycles. The fourth-order valence-electron chi connectivity index (χ4n) is 6.19. The average molecular weight is 724 g/mol. The van der Waals surface area contributed by atoms with Crippen LogP contribution in [0.1, 0.15) is 86.3 Å². The molecule has 266 valence electrons. The van der Waals surface area contributed by atoms with E-state index in [4.69, 9.17) is 38.1 Å². The molecule has 1 fully saturated rings. The molecule has 1 unspecified atom stereocenters. The van der Waals surface area contributed by atoms with Crippen molar-refractivity contribution < 1.29 is 31.9 Å². The zero-order valence-electron chi connectivity index (χ0n) is 28.8. The lowest BCUT2D eigenvalue weighted by atomic mass is 9.78. The Morgan fingerprint density at radius 3 is 2.13 bits per heavy atom. The van der Waals surface area contributed by atoms with Crippen molar-refractivity contribution in [3.05, 3.63) is 39.8 Å². The lowest BCUT2D eigenvalue weighted by Crippen LogP contribution is -2.47. The minimum atomic E-state index is -4.97. The molecule has 0 spiro atoms. The number of ether oxygens (including phenoxy) is 1. The molecule has 1 aliphatic rings. The van der Waals surface area contributed by atoms with E-state index in [9.17, 15) is 22.8 Å². The summed E-state index contributed by atoms with van der Waals surface area (Å²) < 4.78 is 56.2. The van der Waals surface area contributed by atoms with Gasteiger partial charge >= 0.3 is 12.1 Å². The summed E-state index contributed by atoms with van der Waals surface area (Å²) in [5, 5.41) is 0.466. The van der Waals surface area contributed by atoms with Crippen molar-refractivity contribution >= 4 is 49.1 Å². The van der Waals surface area contributed by atoms with Crippen LogP contribution in [0.2, 0.25) is 28.2 Å². The molecule has 0 bridgehead atoms. The van der Waals surface area contributed by atoms with E-state index in [-0.39, 0.29) is 54.5 Å². The number of nitrogens with zero attached hydrogens (tertiary/aromatic N) is 3. The van der Waals surface area contributed by atoms with E-state index in [2.05, 4.69) is 9.98 Å². The third-order valence-corrected chi connectivity index (χ3v) is 14.1. The SMILES string of the molecule is CCOC(=O)[C@H]1CC[C@H](N=C(C(=CN)C(=O)N(CC(O[Si](CC)(CC)CC)c2c(Cl)cncc2Cl)CC(C)(C)C)C(F)(F)F)C[C@@H]1C. The predicted molar refractivity (Wildman–Crippen MR) is 184 cm³/mol. The van der Waals surface area contributed by atoms with Gasteiger partial charge in [0.05, 0.1) is 46.8 Å². The first-order valence-corrected chi connectivity index (χ1v) is 19.6. The number of carbonyl (C=O) groups is 2. The Hall–Kier alpha value is -2.15. The number of amides is 1. The lowest BCUT2D eigenvalue weighted by molar-refractivity contribution is -0.151. The minimum absolute atomic E-state index is 0.0785. The molecular weight excluding hydrogens is 672 g/mol. The number of carbonyl (C=O) groups excluding carboxylic acids is 2. The van der Waals surface area contributed by atoms with Crippen molar-refractivity contribution in [3.8, 4) is 0 Å². The van der Waals surface area contributed by atoms with Crippen LogP contribution in [0.4, 0.5) is 13.2 Å². The summed E-state index contributed by atoms with van der Waals surface area (Å²) >= 11 is 13.2. The molecule has 0 aromatic carbocycles. The summed E-state index contributed by atoms with van der Waals surface area (Å²) in [6.45, 7) is 15.5. The van der Waals surface area contributed by atoms with Crippen LogP contribution in [0.5, 0.6) is 0 Å². The Kier molecular flexibility index (Phi) is 15.3. The zero-order valence-corrected chi connectivity index (χ0v) is 31.4. The second-order valence-electron chi connectivity index (χ2n) is 13.5. The van der Waals surface area contributed by atoms with Crippen molar-refractivity contribution in [2.75, 3.05) is 19.7 Å². The summed E-state index contributed by atoms with van der Waals surface area (Å²) in [5.74, 6) is -1.96. The van der Waals surface area contributed by atoms with E-state index in [0.717, 1.165) is 18.1 Å². The number of hydrogen-bond acceptors (Lipinski definition) is 7. The molecule has 0 radical (unpaired) electrons. The van der Waals surface area contributed by atoms with Crippen LogP contribution in [-0.4, -0.2) is 67.7 Å². The minimum Gasteiger partial charge on any atom is -0.466 e. The van der Waals surface area contributed by atoms with Crippen molar-refractivity contribution in [2.45, 2.75) is 111 Å². The fourth-order valence-corrected chi connectivity index (χ4v) is 9.60. The van der Waals surface area contributed by atoms with E-state index in [1.165, 1.54) is 17.3 Å². The Bertz CT molecular complexity index is 1260. The summed E-state index contributed by atoms with van der Waals surface area (Å²) in [7, 11) is -2.36. The van der Waals surface area contributed by atoms with Crippen molar-refractivity contribution in [2.24, 2.45) is 28.0 Å². The summed E-state index contributed by atoms with van der Waals surface area (Å²) in [6, 6.07) is 1.57. The van der Waals surface area contributed by atoms with Crippen LogP contribution in [0.3, 0.4) is 0 Å². The second kappa shape index (κ2) is 17.5. The molecular formula is C33H51Cl2F3N4O4Si. The normalized spacial score (nSPS) is 20.6. The van der Waals surface area contributed by atoms with E-state index >= 15 is 0 Å². The number of alkyl halides is 3. The molecule has 0 aliphatic heterocycles. The van der Waals surface area contributed by atoms with Crippen molar-refractivity contribution in [1.29, 1.82) is 0 Å². The van der Waals surface area contributed by atoms with Gasteiger partial charge in [0.2, 0.25) is 0 Å². The van der Waals surface area contributed by atoms with Gasteiger partial charge in [0.1, 0.15) is 0 Å². The Morgan fingerprint density at radius 1 is 1.11 bits per heavy atom. The first-order valence-electron chi connectivity index (χ1n) is 16.4. The standard InChI is InChI=1S/C33H51Cl2F3N4O4Si/c1-9-45-31(44)23-14-13-22(15-21(23)5)41-29(33(36,37)38)24(16-39)30(43)42(20-32(6,7)8)19-27(46-47(10-2,11-3)12-4)28-25(34)17-40-18-26(28)35/h16-18,21-23,27H,9-15,19-20,39H2,1-8H3/t21-,22-,23-,27?/m0/s1. The second-order valence-corrected chi connectivity index (χ2v) is 19.0. The fraction of sp³-hybridized carbons (Fsp3) is 0.697. The molecule has 4 atom stereocenters. The molecule has 1 aliphatic carbocycles. The van der Waals surface area contributed by atoms with Crippen LogP contribution >= 0.6 is 23.2 Å². The molecule has 1 amide bonds. The number of pyridine rings is 1. The highest BCUT2D eigenvalue weighted by Gasteiger charge is 2.44. The monoisotopic (exact) mass is 722 g/mol. The molecule has 1 aromatic heterocycles. The highest BCUT2D eigenvalue weighted by molar-refractivity contribution is 6.73. The maximum atomic E-state index is 14.7. The number of aromatic nitrogens is 1. The molecule has 47 heavy (non-hydrogen) atoms. The van der Waals surface area contributed by atoms with Gasteiger partial charge < -0.3 is 19.8 Å². The first kappa shape index (κ1) is 41.0. The van der Waals surface area contributed by atoms with Gasteiger partial charge in [0.25, 0.3) is 5.91 Å². The number of halogens is 5. The number of aliphatic imine (C=N–C) groups is 1. The molecule has 14 heteroatoms. The number of rotatable bonds is 14. The molecule has 8 nitrogen and oxygen atoms in total. The summed E-state index contributed by atoms with van der Waals surface area (Å²) in [5.41, 5.74) is 3.65. The van der Waals surface area contributed by atoms with Crippen LogP contribution in [0, 0.1) is 17.3 Å². The zero-order chi connectivity index (χ0) is 35.7. The third kappa shape index (κ3) is 11.2. The maximum absolute atomic E-state index is 14.7. The third-order valence-electron chi connectivity index (χ3n) is 8.84. The van der Waals surface area contributed by atoms with E-state index in [1.807, 2.05) is 41.5 Å². The predicted octanol–water partition coefficient (Wildman–Crippen LogP) is 8.54. The van der Waals surface area contributed by atoms with Crippen LogP contribution in [0.25, 0.3) is 0 Å². The van der Waals surface area contributed by atoms with E-state index in [0.29, 0.717) is 18.2 Å². The lowest BCUT2D eigenvalue weighted by Gasteiger charge is -2.38. The quantitative estimate of drug-likeness (QED) is 0.0893. The van der Waals surface area contributed by atoms with Crippen molar-refractivity contribution in [3.63, 3.8) is 0 Å². The number of hydrogen-bond donors (Lipinski definition) is 1. The van der Waals surface area contributed by atoms with Gasteiger partial charge in [-0.15, -0.1) is 0 Å². The highest BCUT2D eigenvalue weighted by Crippen LogP contribution is 2.39. The van der Waals surface area contributed by atoms with Gasteiger partial charge in [-0.2, -0.15) is 13.2 Å². The van der Waals surface area contributed by atoms with Gasteiger partial charge in [-0.1, -0.05) is 71.7 Å². The maximum Gasteiger partial charge on any atom is 0.433 e. The van der Waals surface area contributed by atoms with E-state index in [1.54, 1.807) is 13.8 Å². The molecule has 2 rings (SSSR count).